The zero-order chi connectivity index (χ0) is 10.2. The Kier molecular flexibility index (Phi) is 2.85. The molecule has 0 aliphatic heterocycles. The summed E-state index contributed by atoms with van der Waals surface area (Å²) >= 11 is 11.1. The van der Waals surface area contributed by atoms with Gasteiger partial charge in [-0.2, -0.15) is 8.42 Å². The normalized spacial score (nSPS) is 11.7. The molecular formula is C7H5Cl2FO2S. The van der Waals surface area contributed by atoms with Crippen molar-refractivity contribution in [1.82, 2.24) is 0 Å². The Labute approximate surface area is 85.5 Å². The first-order valence-electron chi connectivity index (χ1n) is 3.23. The highest BCUT2D eigenvalue weighted by Gasteiger charge is 2.21. The minimum atomic E-state index is -4.85. The van der Waals surface area contributed by atoms with Gasteiger partial charge in [-0.1, -0.05) is 29.3 Å². The molecule has 0 saturated heterocycles. The Bertz CT molecular complexity index is 442. The van der Waals surface area contributed by atoms with E-state index in [1.165, 1.54) is 12.1 Å². The molecule has 1 aromatic carbocycles. The maximum Gasteiger partial charge on any atom is 0.335 e. The van der Waals surface area contributed by atoms with Crippen LogP contribution >= 0.6 is 23.2 Å². The predicted octanol–water partition coefficient (Wildman–Crippen LogP) is 2.96. The lowest BCUT2D eigenvalue weighted by molar-refractivity contribution is 0.552. The average molecular weight is 243 g/mol. The van der Waals surface area contributed by atoms with E-state index < -0.39 is 15.1 Å². The van der Waals surface area contributed by atoms with E-state index in [2.05, 4.69) is 0 Å². The highest BCUT2D eigenvalue weighted by atomic mass is 35.5. The van der Waals surface area contributed by atoms with E-state index >= 15 is 0 Å². The van der Waals surface area contributed by atoms with Crippen molar-refractivity contribution in [2.75, 3.05) is 0 Å². The summed E-state index contributed by atoms with van der Waals surface area (Å²) in [4.78, 5) is -0.657. The molecule has 2 nitrogen and oxygen atoms in total. The standard InChI is InChI=1S/C7H5Cl2FO2S/c1-4-2-3-5(8)7(6(4)9)13(10,11)12/h2-3H,1H3. The second-order valence-corrected chi connectivity index (χ2v) is 4.51. The van der Waals surface area contributed by atoms with Crippen LogP contribution in [0.2, 0.25) is 10.0 Å². The van der Waals surface area contributed by atoms with Gasteiger partial charge in [-0.25, -0.2) is 0 Å². The average Bonchev–Trinajstić information content (AvgIpc) is 1.95. The van der Waals surface area contributed by atoms with Crippen LogP contribution in [0.15, 0.2) is 17.0 Å². The zero-order valence-electron chi connectivity index (χ0n) is 6.51. The monoisotopic (exact) mass is 242 g/mol. The fourth-order valence-corrected chi connectivity index (χ4v) is 2.45. The van der Waals surface area contributed by atoms with Crippen molar-refractivity contribution >= 4 is 33.4 Å². The molecule has 1 aromatic rings. The lowest BCUT2D eigenvalue weighted by Gasteiger charge is -2.04. The van der Waals surface area contributed by atoms with Gasteiger partial charge in [-0.05, 0) is 18.6 Å². The molecule has 13 heavy (non-hydrogen) atoms. The van der Waals surface area contributed by atoms with Crippen LogP contribution in [0, 0.1) is 6.92 Å². The first-order valence-corrected chi connectivity index (χ1v) is 5.37. The lowest BCUT2D eigenvalue weighted by atomic mass is 10.2. The minimum Gasteiger partial charge on any atom is -0.189 e. The van der Waals surface area contributed by atoms with Gasteiger partial charge in [0.25, 0.3) is 0 Å². The minimum absolute atomic E-state index is 0.171. The van der Waals surface area contributed by atoms with Crippen LogP contribution in [0.25, 0.3) is 0 Å². The molecule has 0 aliphatic carbocycles. The van der Waals surface area contributed by atoms with Crippen molar-refractivity contribution in [2.24, 2.45) is 0 Å². The largest absolute Gasteiger partial charge is 0.335 e. The molecule has 0 unspecified atom stereocenters. The van der Waals surface area contributed by atoms with Crippen LogP contribution in [-0.2, 0) is 10.2 Å². The zero-order valence-corrected chi connectivity index (χ0v) is 8.84. The summed E-state index contributed by atoms with van der Waals surface area (Å²) in [7, 11) is -4.85. The van der Waals surface area contributed by atoms with Gasteiger partial charge in [-0.15, -0.1) is 3.89 Å². The fraction of sp³-hybridized carbons (Fsp3) is 0.143. The first kappa shape index (κ1) is 10.8. The Morgan fingerprint density at radius 3 is 2.23 bits per heavy atom. The van der Waals surface area contributed by atoms with Crippen molar-refractivity contribution in [3.8, 4) is 0 Å². The van der Waals surface area contributed by atoms with Gasteiger partial charge in [0.2, 0.25) is 0 Å². The Balaban J connectivity index is 3.62. The summed E-state index contributed by atoms with van der Waals surface area (Å²) in [6.07, 6.45) is 0. The van der Waals surface area contributed by atoms with Crippen LogP contribution in [-0.4, -0.2) is 8.42 Å². The summed E-state index contributed by atoms with van der Waals surface area (Å²) < 4.78 is 33.8. The second-order valence-electron chi connectivity index (χ2n) is 2.45. The first-order chi connectivity index (χ1) is 5.84. The summed E-state index contributed by atoms with van der Waals surface area (Å²) in [6.45, 7) is 1.56. The van der Waals surface area contributed by atoms with Crippen LogP contribution in [0.4, 0.5) is 3.89 Å². The third-order valence-electron chi connectivity index (χ3n) is 1.49. The molecule has 0 heterocycles. The van der Waals surface area contributed by atoms with E-state index in [1.54, 1.807) is 6.92 Å². The van der Waals surface area contributed by atoms with Crippen molar-refractivity contribution in [3.63, 3.8) is 0 Å². The second kappa shape index (κ2) is 3.44. The molecule has 1 rings (SSSR count). The van der Waals surface area contributed by atoms with Gasteiger partial charge in [0.1, 0.15) is 4.90 Å². The number of aryl methyl sites for hydroxylation is 1. The van der Waals surface area contributed by atoms with Crippen LogP contribution in [0.3, 0.4) is 0 Å². The molecule has 0 spiro atoms. The number of benzene rings is 1. The van der Waals surface area contributed by atoms with E-state index in [-0.39, 0.29) is 10.0 Å². The Morgan fingerprint density at radius 1 is 1.31 bits per heavy atom. The van der Waals surface area contributed by atoms with Crippen molar-refractivity contribution in [3.05, 3.63) is 27.7 Å². The predicted molar refractivity (Wildman–Crippen MR) is 49.5 cm³/mol. The molecule has 0 N–H and O–H groups in total. The molecule has 0 fully saturated rings. The van der Waals surface area contributed by atoms with Gasteiger partial charge in [0, 0.05) is 0 Å². The molecule has 0 aromatic heterocycles. The summed E-state index contributed by atoms with van der Waals surface area (Å²) in [5, 5.41) is -0.381. The van der Waals surface area contributed by atoms with E-state index in [0.29, 0.717) is 5.56 Å². The topological polar surface area (TPSA) is 34.1 Å². The third kappa shape index (κ3) is 2.13. The molecule has 0 amide bonds. The van der Waals surface area contributed by atoms with Crippen LogP contribution in [0.1, 0.15) is 5.56 Å². The Morgan fingerprint density at radius 2 is 1.85 bits per heavy atom. The molecule has 0 saturated carbocycles. The number of halogens is 3. The van der Waals surface area contributed by atoms with E-state index in [1.807, 2.05) is 0 Å². The smallest absolute Gasteiger partial charge is 0.189 e. The van der Waals surface area contributed by atoms with Crippen molar-refractivity contribution in [2.45, 2.75) is 11.8 Å². The SMILES string of the molecule is Cc1ccc(Cl)c(S(=O)(=O)F)c1Cl. The van der Waals surface area contributed by atoms with Crippen LogP contribution in [0.5, 0.6) is 0 Å². The van der Waals surface area contributed by atoms with Crippen LogP contribution < -0.4 is 0 Å². The summed E-state index contributed by atoms with van der Waals surface area (Å²) in [5.74, 6) is 0. The van der Waals surface area contributed by atoms with Gasteiger partial charge >= 0.3 is 10.2 Å². The lowest BCUT2D eigenvalue weighted by Crippen LogP contribution is -1.96. The molecule has 72 valence electrons. The maximum absolute atomic E-state index is 12.6. The van der Waals surface area contributed by atoms with E-state index in [9.17, 15) is 12.3 Å². The quantitative estimate of drug-likeness (QED) is 0.710. The number of rotatable bonds is 1. The summed E-state index contributed by atoms with van der Waals surface area (Å²) in [5.41, 5.74) is 0.460. The van der Waals surface area contributed by atoms with Crippen molar-refractivity contribution in [1.29, 1.82) is 0 Å². The molecule has 0 atom stereocenters. The molecule has 0 bridgehead atoms. The molecule has 6 heteroatoms. The van der Waals surface area contributed by atoms with E-state index in [4.69, 9.17) is 23.2 Å². The fourth-order valence-electron chi connectivity index (χ4n) is 0.854. The van der Waals surface area contributed by atoms with Gasteiger partial charge in [-0.3, -0.25) is 0 Å². The third-order valence-corrected chi connectivity index (χ3v) is 3.42. The van der Waals surface area contributed by atoms with E-state index in [0.717, 1.165) is 0 Å². The van der Waals surface area contributed by atoms with Gasteiger partial charge in [0.05, 0.1) is 10.0 Å². The molecule has 0 radical (unpaired) electrons. The van der Waals surface area contributed by atoms with Gasteiger partial charge < -0.3 is 0 Å². The van der Waals surface area contributed by atoms with Crippen molar-refractivity contribution < 1.29 is 12.3 Å². The molecular weight excluding hydrogens is 238 g/mol. The maximum atomic E-state index is 12.6. The molecule has 0 aliphatic rings. The van der Waals surface area contributed by atoms with Gasteiger partial charge in [0.15, 0.2) is 0 Å². The Hall–Kier alpha value is -0.320. The number of hydrogen-bond donors (Lipinski definition) is 0. The number of hydrogen-bond acceptors (Lipinski definition) is 2. The summed E-state index contributed by atoms with van der Waals surface area (Å²) in [6, 6.07) is 2.80. The highest BCUT2D eigenvalue weighted by molar-refractivity contribution is 7.86. The highest BCUT2D eigenvalue weighted by Crippen LogP contribution is 2.32.